The van der Waals surface area contributed by atoms with Crippen molar-refractivity contribution < 1.29 is 0 Å². The fourth-order valence-corrected chi connectivity index (χ4v) is 3.83. The number of hydrogen-bond acceptors (Lipinski definition) is 4. The predicted molar refractivity (Wildman–Crippen MR) is 118 cm³/mol. The Kier molecular flexibility index (Phi) is 4.27. The van der Waals surface area contributed by atoms with Crippen molar-refractivity contribution in [3.8, 4) is 28.5 Å². The Morgan fingerprint density at radius 3 is 2.70 bits per heavy atom. The van der Waals surface area contributed by atoms with Gasteiger partial charge in [0.05, 0.1) is 27.9 Å². The van der Waals surface area contributed by atoms with Gasteiger partial charge in [0.25, 0.3) is 0 Å². The zero-order valence-electron chi connectivity index (χ0n) is 15.6. The summed E-state index contributed by atoms with van der Waals surface area (Å²) in [4.78, 5) is 23.7. The molecule has 5 aromatic rings. The van der Waals surface area contributed by atoms with E-state index in [4.69, 9.17) is 16.6 Å². The Balaban J connectivity index is 1.85. The largest absolute Gasteiger partial charge is 0.307 e. The highest BCUT2D eigenvalue weighted by Crippen LogP contribution is 2.36. The number of nitrogens with zero attached hydrogens (tertiary/aromatic N) is 3. The maximum Gasteiger partial charge on any atom is 0.249 e. The van der Waals surface area contributed by atoms with E-state index in [1.807, 2.05) is 42.5 Å². The Morgan fingerprint density at radius 2 is 1.83 bits per heavy atom. The molecule has 0 saturated carbocycles. The average Bonchev–Trinajstić information content (AvgIpc) is 2.78. The van der Waals surface area contributed by atoms with E-state index in [0.717, 1.165) is 33.0 Å². The molecular weight excluding hydrogens is 396 g/mol. The molecule has 30 heavy (non-hydrogen) atoms. The third-order valence-corrected chi connectivity index (χ3v) is 5.23. The van der Waals surface area contributed by atoms with Crippen molar-refractivity contribution in [1.29, 1.82) is 5.26 Å². The first-order chi connectivity index (χ1) is 14.6. The highest BCUT2D eigenvalue weighted by Gasteiger charge is 2.14. The number of hydrogen-bond donors (Lipinski definition) is 1. The second-order valence-electron chi connectivity index (χ2n) is 6.87. The molecule has 0 amide bonds. The predicted octanol–water partition coefficient (Wildman–Crippen LogP) is 5.33. The van der Waals surface area contributed by atoms with Crippen LogP contribution in [0.4, 0.5) is 0 Å². The van der Waals surface area contributed by atoms with E-state index >= 15 is 0 Å². The van der Waals surface area contributed by atoms with Crippen molar-refractivity contribution in [2.45, 2.75) is 0 Å². The highest BCUT2D eigenvalue weighted by molar-refractivity contribution is 6.35. The molecule has 6 heteroatoms. The molecule has 5 nitrogen and oxygen atoms in total. The number of aromatic amines is 1. The summed E-state index contributed by atoms with van der Waals surface area (Å²) >= 11 is 6.52. The summed E-state index contributed by atoms with van der Waals surface area (Å²) in [6.07, 6.45) is 1.71. The van der Waals surface area contributed by atoms with Crippen LogP contribution in [0.1, 0.15) is 5.56 Å². The summed E-state index contributed by atoms with van der Waals surface area (Å²) in [5.41, 5.74) is 4.67. The number of benzene rings is 2. The molecular formula is C24H13ClN4O. The van der Waals surface area contributed by atoms with Crippen LogP contribution in [-0.4, -0.2) is 15.0 Å². The van der Waals surface area contributed by atoms with E-state index < -0.39 is 0 Å². The van der Waals surface area contributed by atoms with Crippen LogP contribution in [0.25, 0.3) is 44.3 Å². The third-order valence-electron chi connectivity index (χ3n) is 4.94. The van der Waals surface area contributed by atoms with Crippen molar-refractivity contribution in [3.05, 3.63) is 93.9 Å². The number of nitriles is 1. The van der Waals surface area contributed by atoms with Crippen molar-refractivity contribution in [2.24, 2.45) is 0 Å². The number of nitrogens with one attached hydrogen (secondary N) is 1. The standard InChI is InChI=1S/C24H13ClN4O/c25-20-12-18(10-16-5-2-8-27-23(16)20)19-11-17-6-7-21(30)28-24(17)29-22(19)15-4-1-3-14(9-15)13-26/h1-12H,(H,28,29,30). The highest BCUT2D eigenvalue weighted by atomic mass is 35.5. The van der Waals surface area contributed by atoms with Crippen LogP contribution in [0.5, 0.6) is 0 Å². The monoisotopic (exact) mass is 408 g/mol. The first-order valence-electron chi connectivity index (χ1n) is 9.22. The van der Waals surface area contributed by atoms with Gasteiger partial charge in [0.1, 0.15) is 5.65 Å². The van der Waals surface area contributed by atoms with Crippen molar-refractivity contribution in [1.82, 2.24) is 15.0 Å². The SMILES string of the molecule is N#Cc1cccc(-c2nc3[nH]c(=O)ccc3cc2-c2cc(Cl)c3ncccc3c2)c1. The van der Waals surface area contributed by atoms with E-state index in [2.05, 4.69) is 16.0 Å². The minimum Gasteiger partial charge on any atom is -0.307 e. The van der Waals surface area contributed by atoms with Crippen LogP contribution in [0.3, 0.4) is 0 Å². The fraction of sp³-hybridized carbons (Fsp3) is 0. The molecule has 0 aliphatic heterocycles. The lowest BCUT2D eigenvalue weighted by Gasteiger charge is -2.13. The zero-order valence-corrected chi connectivity index (χ0v) is 16.3. The lowest BCUT2D eigenvalue weighted by atomic mass is 9.96. The Labute approximate surface area is 176 Å². The number of halogens is 1. The van der Waals surface area contributed by atoms with Crippen molar-refractivity contribution >= 4 is 33.5 Å². The van der Waals surface area contributed by atoms with Gasteiger partial charge >= 0.3 is 0 Å². The van der Waals surface area contributed by atoms with E-state index in [9.17, 15) is 10.1 Å². The third kappa shape index (κ3) is 3.10. The average molecular weight is 409 g/mol. The summed E-state index contributed by atoms with van der Waals surface area (Å²) in [5.74, 6) is 0. The molecule has 0 aliphatic rings. The van der Waals surface area contributed by atoms with Gasteiger partial charge in [-0.2, -0.15) is 5.26 Å². The van der Waals surface area contributed by atoms with Gasteiger partial charge in [0, 0.05) is 34.2 Å². The van der Waals surface area contributed by atoms with Gasteiger partial charge in [-0.25, -0.2) is 4.98 Å². The first kappa shape index (κ1) is 18.0. The van der Waals surface area contributed by atoms with E-state index in [0.29, 0.717) is 21.9 Å². The number of fused-ring (bicyclic) bond motifs is 2. The normalized spacial score (nSPS) is 10.9. The Hall–Kier alpha value is -4.01. The molecule has 1 N–H and O–H groups in total. The lowest BCUT2D eigenvalue weighted by molar-refractivity contribution is 1.23. The van der Waals surface area contributed by atoms with Crippen LogP contribution >= 0.6 is 11.6 Å². The molecule has 3 heterocycles. The van der Waals surface area contributed by atoms with Gasteiger partial charge in [-0.05, 0) is 48.0 Å². The molecule has 0 radical (unpaired) electrons. The molecule has 3 aromatic heterocycles. The molecule has 0 fully saturated rings. The number of pyridine rings is 3. The van der Waals surface area contributed by atoms with Crippen LogP contribution in [0.2, 0.25) is 5.02 Å². The maximum absolute atomic E-state index is 11.8. The second-order valence-corrected chi connectivity index (χ2v) is 7.28. The molecule has 0 atom stereocenters. The van der Waals surface area contributed by atoms with Gasteiger partial charge in [0.2, 0.25) is 5.56 Å². The Morgan fingerprint density at radius 1 is 0.933 bits per heavy atom. The Bertz CT molecular complexity index is 1550. The zero-order chi connectivity index (χ0) is 20.7. The quantitative estimate of drug-likeness (QED) is 0.428. The summed E-state index contributed by atoms with van der Waals surface area (Å²) in [6.45, 7) is 0. The summed E-state index contributed by atoms with van der Waals surface area (Å²) in [5, 5.41) is 11.6. The minimum absolute atomic E-state index is 0.223. The van der Waals surface area contributed by atoms with E-state index in [1.165, 1.54) is 6.07 Å². The summed E-state index contributed by atoms with van der Waals surface area (Å²) in [7, 11) is 0. The van der Waals surface area contributed by atoms with Gasteiger partial charge in [-0.1, -0.05) is 29.8 Å². The van der Waals surface area contributed by atoms with E-state index in [1.54, 1.807) is 24.4 Å². The summed E-state index contributed by atoms with van der Waals surface area (Å²) < 4.78 is 0. The molecule has 0 aliphatic carbocycles. The maximum atomic E-state index is 11.8. The van der Waals surface area contributed by atoms with Gasteiger partial charge in [-0.15, -0.1) is 0 Å². The van der Waals surface area contributed by atoms with Crippen LogP contribution in [-0.2, 0) is 0 Å². The van der Waals surface area contributed by atoms with Crippen LogP contribution in [0, 0.1) is 11.3 Å². The second kappa shape index (κ2) is 7.11. The molecule has 0 spiro atoms. The van der Waals surface area contributed by atoms with Crippen molar-refractivity contribution in [3.63, 3.8) is 0 Å². The molecule has 0 saturated heterocycles. The molecule has 142 valence electrons. The van der Waals surface area contributed by atoms with Crippen LogP contribution in [0.15, 0.2) is 77.7 Å². The van der Waals surface area contributed by atoms with Crippen LogP contribution < -0.4 is 5.56 Å². The molecule has 2 aromatic carbocycles. The topological polar surface area (TPSA) is 82.4 Å². The van der Waals surface area contributed by atoms with Gasteiger partial charge < -0.3 is 4.98 Å². The first-order valence-corrected chi connectivity index (χ1v) is 9.59. The van der Waals surface area contributed by atoms with E-state index in [-0.39, 0.29) is 5.56 Å². The fourth-order valence-electron chi connectivity index (χ4n) is 3.56. The smallest absolute Gasteiger partial charge is 0.249 e. The van der Waals surface area contributed by atoms with Gasteiger partial charge in [-0.3, -0.25) is 9.78 Å². The van der Waals surface area contributed by atoms with Gasteiger partial charge in [0.15, 0.2) is 0 Å². The number of rotatable bonds is 2. The number of H-pyrrole nitrogens is 1. The number of aromatic nitrogens is 3. The minimum atomic E-state index is -0.223. The lowest BCUT2D eigenvalue weighted by Crippen LogP contribution is -2.04. The van der Waals surface area contributed by atoms with Crippen molar-refractivity contribution in [2.75, 3.05) is 0 Å². The molecule has 5 rings (SSSR count). The molecule has 0 unspecified atom stereocenters. The summed E-state index contributed by atoms with van der Waals surface area (Å²) in [6, 6.07) is 22.3. The molecule has 0 bridgehead atoms.